The Morgan fingerprint density at radius 1 is 0.733 bits per heavy atom. The van der Waals surface area contributed by atoms with Crippen molar-refractivity contribution in [3.63, 3.8) is 0 Å². The summed E-state index contributed by atoms with van der Waals surface area (Å²) < 4.78 is 0. The number of hydrogen-bond acceptors (Lipinski definition) is 1. The third-order valence-electron chi connectivity index (χ3n) is 3.05. The van der Waals surface area contributed by atoms with Crippen molar-refractivity contribution in [1.82, 2.24) is 5.32 Å². The van der Waals surface area contributed by atoms with Crippen molar-refractivity contribution in [2.24, 2.45) is 0 Å². The molecule has 0 saturated heterocycles. The molecular formula is C14H31N. The van der Waals surface area contributed by atoms with Crippen molar-refractivity contribution in [3.8, 4) is 0 Å². The van der Waals surface area contributed by atoms with E-state index in [-0.39, 0.29) is 0 Å². The molecular weight excluding hydrogens is 182 g/mol. The standard InChI is InChI=1S/C14H31N/c1-5-7-9-11-13(3)15-14(4)12-10-8-6-2/h13-15H,5-12H2,1-4H3. The number of hydrogen-bond donors (Lipinski definition) is 1. The van der Waals surface area contributed by atoms with Gasteiger partial charge in [0.25, 0.3) is 0 Å². The molecule has 0 heterocycles. The molecule has 0 radical (unpaired) electrons. The van der Waals surface area contributed by atoms with Crippen molar-refractivity contribution in [3.05, 3.63) is 0 Å². The van der Waals surface area contributed by atoms with E-state index in [4.69, 9.17) is 0 Å². The van der Waals surface area contributed by atoms with E-state index in [1.54, 1.807) is 0 Å². The van der Waals surface area contributed by atoms with Crippen molar-refractivity contribution in [1.29, 1.82) is 0 Å². The summed E-state index contributed by atoms with van der Waals surface area (Å²) in [4.78, 5) is 0. The monoisotopic (exact) mass is 213 g/mol. The largest absolute Gasteiger partial charge is 0.312 e. The van der Waals surface area contributed by atoms with E-state index in [9.17, 15) is 0 Å². The molecule has 0 aromatic carbocycles. The molecule has 1 heteroatoms. The van der Waals surface area contributed by atoms with Gasteiger partial charge >= 0.3 is 0 Å². The fourth-order valence-electron chi connectivity index (χ4n) is 2.05. The summed E-state index contributed by atoms with van der Waals surface area (Å²) in [6.07, 6.45) is 10.9. The maximum Gasteiger partial charge on any atom is 0.00412 e. The van der Waals surface area contributed by atoms with E-state index in [0.717, 1.165) is 0 Å². The second kappa shape index (κ2) is 10.5. The van der Waals surface area contributed by atoms with Crippen LogP contribution in [0.1, 0.15) is 79.1 Å². The summed E-state index contributed by atoms with van der Waals surface area (Å²) in [6.45, 7) is 9.19. The first-order valence-electron chi connectivity index (χ1n) is 6.96. The van der Waals surface area contributed by atoms with Crippen molar-refractivity contribution < 1.29 is 0 Å². The topological polar surface area (TPSA) is 12.0 Å². The van der Waals surface area contributed by atoms with E-state index < -0.39 is 0 Å². The first-order valence-corrected chi connectivity index (χ1v) is 6.96. The van der Waals surface area contributed by atoms with Crippen LogP contribution in [0, 0.1) is 0 Å². The van der Waals surface area contributed by atoms with Crippen LogP contribution in [0.4, 0.5) is 0 Å². The quantitative estimate of drug-likeness (QED) is 0.526. The zero-order valence-electron chi connectivity index (χ0n) is 11.3. The Labute approximate surface area is 97.0 Å². The molecule has 0 bridgehead atoms. The minimum Gasteiger partial charge on any atom is -0.312 e. The van der Waals surface area contributed by atoms with E-state index >= 15 is 0 Å². The predicted octanol–water partition coefficient (Wildman–Crippen LogP) is 4.51. The van der Waals surface area contributed by atoms with E-state index in [2.05, 4.69) is 33.0 Å². The van der Waals surface area contributed by atoms with Crippen LogP contribution in [0.25, 0.3) is 0 Å². The van der Waals surface area contributed by atoms with Gasteiger partial charge in [0.05, 0.1) is 0 Å². The predicted molar refractivity (Wildman–Crippen MR) is 70.3 cm³/mol. The third-order valence-corrected chi connectivity index (χ3v) is 3.05. The molecule has 0 aromatic rings. The highest BCUT2D eigenvalue weighted by Gasteiger charge is 2.06. The Morgan fingerprint density at radius 2 is 1.13 bits per heavy atom. The molecule has 0 aliphatic heterocycles. The molecule has 2 atom stereocenters. The SMILES string of the molecule is CCCCCC(C)NC(C)CCCCC. The van der Waals surface area contributed by atoms with Crippen LogP contribution in [0.3, 0.4) is 0 Å². The summed E-state index contributed by atoms with van der Waals surface area (Å²) in [5, 5.41) is 3.70. The molecule has 15 heavy (non-hydrogen) atoms. The van der Waals surface area contributed by atoms with E-state index in [1.807, 2.05) is 0 Å². The van der Waals surface area contributed by atoms with Crippen molar-refractivity contribution in [2.45, 2.75) is 91.1 Å². The molecule has 0 aliphatic rings. The minimum absolute atomic E-state index is 0.702. The Morgan fingerprint density at radius 3 is 1.47 bits per heavy atom. The van der Waals surface area contributed by atoms with Gasteiger partial charge in [-0.05, 0) is 26.7 Å². The lowest BCUT2D eigenvalue weighted by atomic mass is 10.1. The van der Waals surface area contributed by atoms with Gasteiger partial charge in [-0.25, -0.2) is 0 Å². The molecule has 0 rings (SSSR count). The Hall–Kier alpha value is -0.0400. The molecule has 2 unspecified atom stereocenters. The molecule has 1 nitrogen and oxygen atoms in total. The molecule has 0 spiro atoms. The zero-order chi connectivity index (χ0) is 11.5. The minimum atomic E-state index is 0.702. The maximum absolute atomic E-state index is 3.70. The average molecular weight is 213 g/mol. The first kappa shape index (κ1) is 15.0. The first-order chi connectivity index (χ1) is 7.20. The van der Waals surface area contributed by atoms with Crippen LogP contribution in [0.15, 0.2) is 0 Å². The fourth-order valence-corrected chi connectivity index (χ4v) is 2.05. The van der Waals surface area contributed by atoms with Gasteiger partial charge in [-0.2, -0.15) is 0 Å². The van der Waals surface area contributed by atoms with Crippen LogP contribution in [0.2, 0.25) is 0 Å². The molecule has 0 fully saturated rings. The van der Waals surface area contributed by atoms with Gasteiger partial charge in [0.1, 0.15) is 0 Å². The van der Waals surface area contributed by atoms with Gasteiger partial charge in [-0.3, -0.25) is 0 Å². The zero-order valence-corrected chi connectivity index (χ0v) is 11.3. The highest BCUT2D eigenvalue weighted by atomic mass is 14.9. The van der Waals surface area contributed by atoms with Crippen LogP contribution in [0.5, 0.6) is 0 Å². The lowest BCUT2D eigenvalue weighted by molar-refractivity contribution is 0.407. The van der Waals surface area contributed by atoms with Crippen LogP contribution >= 0.6 is 0 Å². The summed E-state index contributed by atoms with van der Waals surface area (Å²) in [6, 6.07) is 1.40. The van der Waals surface area contributed by atoms with Gasteiger partial charge in [-0.1, -0.05) is 52.4 Å². The fraction of sp³-hybridized carbons (Fsp3) is 1.00. The lowest BCUT2D eigenvalue weighted by Gasteiger charge is -2.19. The third kappa shape index (κ3) is 10.2. The van der Waals surface area contributed by atoms with E-state index in [1.165, 1.54) is 51.4 Å². The Bertz CT molecular complexity index is 109. The second-order valence-corrected chi connectivity index (χ2v) is 4.96. The summed E-state index contributed by atoms with van der Waals surface area (Å²) in [5.41, 5.74) is 0. The summed E-state index contributed by atoms with van der Waals surface area (Å²) in [5.74, 6) is 0. The van der Waals surface area contributed by atoms with Gasteiger partial charge < -0.3 is 5.32 Å². The summed E-state index contributed by atoms with van der Waals surface area (Å²) >= 11 is 0. The number of unbranched alkanes of at least 4 members (excludes halogenated alkanes) is 4. The van der Waals surface area contributed by atoms with Gasteiger partial charge in [0.15, 0.2) is 0 Å². The number of rotatable bonds is 10. The molecule has 0 amide bonds. The maximum atomic E-state index is 3.70. The Balaban J connectivity index is 3.35. The van der Waals surface area contributed by atoms with E-state index in [0.29, 0.717) is 12.1 Å². The van der Waals surface area contributed by atoms with Gasteiger partial charge in [0, 0.05) is 12.1 Å². The highest BCUT2D eigenvalue weighted by Crippen LogP contribution is 2.07. The molecule has 92 valence electrons. The molecule has 0 saturated carbocycles. The summed E-state index contributed by atoms with van der Waals surface area (Å²) in [7, 11) is 0. The van der Waals surface area contributed by atoms with Gasteiger partial charge in [-0.15, -0.1) is 0 Å². The highest BCUT2D eigenvalue weighted by molar-refractivity contribution is 4.67. The van der Waals surface area contributed by atoms with Crippen molar-refractivity contribution >= 4 is 0 Å². The smallest absolute Gasteiger partial charge is 0.00412 e. The average Bonchev–Trinajstić information content (AvgIpc) is 2.18. The normalized spacial score (nSPS) is 15.2. The molecule has 0 aliphatic carbocycles. The number of nitrogens with one attached hydrogen (secondary N) is 1. The molecule has 0 aromatic heterocycles. The van der Waals surface area contributed by atoms with Crippen LogP contribution < -0.4 is 5.32 Å². The van der Waals surface area contributed by atoms with Crippen LogP contribution in [-0.2, 0) is 0 Å². The lowest BCUT2D eigenvalue weighted by Crippen LogP contribution is -2.34. The van der Waals surface area contributed by atoms with Gasteiger partial charge in [0.2, 0.25) is 0 Å². The van der Waals surface area contributed by atoms with Crippen molar-refractivity contribution in [2.75, 3.05) is 0 Å². The molecule has 1 N–H and O–H groups in total. The second-order valence-electron chi connectivity index (χ2n) is 4.96. The Kier molecular flexibility index (Phi) is 10.4. The van der Waals surface area contributed by atoms with Crippen LogP contribution in [-0.4, -0.2) is 12.1 Å².